The van der Waals surface area contributed by atoms with Crippen LogP contribution in [-0.2, 0) is 0 Å². The van der Waals surface area contributed by atoms with Crippen LogP contribution in [0.1, 0.15) is 10.4 Å². The standard InChI is InChI=1S/C14H9NO3S/c16-13-4-1-9-7-11(2-3-12(9)18-13)15-14(17)10-5-6-19-8-10/h1-8H,(H,15,17). The van der Waals surface area contributed by atoms with E-state index in [2.05, 4.69) is 5.32 Å². The molecule has 19 heavy (non-hydrogen) atoms. The molecule has 2 heterocycles. The zero-order valence-electron chi connectivity index (χ0n) is 9.75. The first-order chi connectivity index (χ1) is 9.22. The van der Waals surface area contributed by atoms with Gasteiger partial charge in [0.2, 0.25) is 0 Å². The molecule has 94 valence electrons. The highest BCUT2D eigenvalue weighted by molar-refractivity contribution is 7.08. The van der Waals surface area contributed by atoms with Crippen molar-refractivity contribution < 1.29 is 9.21 Å². The van der Waals surface area contributed by atoms with E-state index in [1.54, 1.807) is 35.7 Å². The van der Waals surface area contributed by atoms with Gasteiger partial charge < -0.3 is 9.73 Å². The van der Waals surface area contributed by atoms with Gasteiger partial charge in [-0.15, -0.1) is 0 Å². The Balaban J connectivity index is 1.92. The van der Waals surface area contributed by atoms with Gasteiger partial charge in [0.05, 0.1) is 5.56 Å². The number of anilines is 1. The third-order valence-corrected chi connectivity index (χ3v) is 3.34. The van der Waals surface area contributed by atoms with Crippen LogP contribution in [0.3, 0.4) is 0 Å². The van der Waals surface area contributed by atoms with Crippen LogP contribution in [0, 0.1) is 0 Å². The topological polar surface area (TPSA) is 59.3 Å². The Labute approximate surface area is 112 Å². The predicted octanol–water partition coefficient (Wildman–Crippen LogP) is 3.11. The molecule has 0 saturated carbocycles. The van der Waals surface area contributed by atoms with Crippen molar-refractivity contribution in [3.8, 4) is 0 Å². The number of carbonyl (C=O) groups is 1. The van der Waals surface area contributed by atoms with E-state index in [4.69, 9.17) is 4.42 Å². The second-order valence-corrected chi connectivity index (χ2v) is 4.75. The van der Waals surface area contributed by atoms with Gasteiger partial charge in [0.1, 0.15) is 5.58 Å². The maximum absolute atomic E-state index is 11.9. The molecule has 3 rings (SSSR count). The summed E-state index contributed by atoms with van der Waals surface area (Å²) in [4.78, 5) is 23.0. The fraction of sp³-hybridized carbons (Fsp3) is 0. The summed E-state index contributed by atoms with van der Waals surface area (Å²) in [6.45, 7) is 0. The van der Waals surface area contributed by atoms with Crippen LogP contribution >= 0.6 is 11.3 Å². The van der Waals surface area contributed by atoms with Crippen LogP contribution < -0.4 is 10.9 Å². The number of hydrogen-bond acceptors (Lipinski definition) is 4. The lowest BCUT2D eigenvalue weighted by molar-refractivity contribution is 0.102. The molecule has 1 aromatic carbocycles. The molecule has 5 heteroatoms. The van der Waals surface area contributed by atoms with Gasteiger partial charge in [-0.3, -0.25) is 4.79 Å². The van der Waals surface area contributed by atoms with E-state index < -0.39 is 0 Å². The Morgan fingerprint density at radius 1 is 1.16 bits per heavy atom. The summed E-state index contributed by atoms with van der Waals surface area (Å²) in [5.74, 6) is -0.155. The number of carbonyl (C=O) groups excluding carboxylic acids is 1. The van der Waals surface area contributed by atoms with Crippen molar-refractivity contribution in [1.29, 1.82) is 0 Å². The molecule has 0 bridgehead atoms. The van der Waals surface area contributed by atoms with E-state index in [9.17, 15) is 9.59 Å². The summed E-state index contributed by atoms with van der Waals surface area (Å²) in [6.07, 6.45) is 0. The molecule has 0 unspecified atom stereocenters. The minimum absolute atomic E-state index is 0.155. The van der Waals surface area contributed by atoms with Crippen LogP contribution in [-0.4, -0.2) is 5.91 Å². The fourth-order valence-corrected chi connectivity index (χ4v) is 2.38. The van der Waals surface area contributed by atoms with Crippen LogP contribution in [0.2, 0.25) is 0 Å². The van der Waals surface area contributed by atoms with Crippen LogP contribution in [0.15, 0.2) is 56.4 Å². The summed E-state index contributed by atoms with van der Waals surface area (Å²) in [5.41, 5.74) is 1.41. The molecular formula is C14H9NO3S. The number of thiophene rings is 1. The van der Waals surface area contributed by atoms with Gasteiger partial charge in [-0.1, -0.05) is 0 Å². The van der Waals surface area contributed by atoms with Gasteiger partial charge in [0.25, 0.3) is 5.91 Å². The lowest BCUT2D eigenvalue weighted by Crippen LogP contribution is -2.10. The largest absolute Gasteiger partial charge is 0.423 e. The number of amides is 1. The molecule has 0 atom stereocenters. The van der Waals surface area contributed by atoms with E-state index >= 15 is 0 Å². The molecule has 0 spiro atoms. The molecule has 3 aromatic rings. The summed E-state index contributed by atoms with van der Waals surface area (Å²) in [7, 11) is 0. The van der Waals surface area contributed by atoms with E-state index in [1.165, 1.54) is 17.4 Å². The molecule has 1 N–H and O–H groups in total. The molecule has 0 aliphatic rings. The van der Waals surface area contributed by atoms with Gasteiger partial charge in [-0.2, -0.15) is 11.3 Å². The van der Waals surface area contributed by atoms with Crippen molar-refractivity contribution in [1.82, 2.24) is 0 Å². The number of benzene rings is 1. The summed E-state index contributed by atoms with van der Waals surface area (Å²) >= 11 is 1.47. The highest BCUT2D eigenvalue weighted by Crippen LogP contribution is 2.18. The number of rotatable bonds is 2. The summed E-state index contributed by atoms with van der Waals surface area (Å²) < 4.78 is 5.03. The van der Waals surface area contributed by atoms with Crippen LogP contribution in [0.25, 0.3) is 11.0 Å². The van der Waals surface area contributed by atoms with Crippen molar-refractivity contribution in [3.05, 3.63) is 63.1 Å². The van der Waals surface area contributed by atoms with Gasteiger partial charge in [0.15, 0.2) is 0 Å². The first-order valence-corrected chi connectivity index (χ1v) is 6.54. The SMILES string of the molecule is O=C(Nc1ccc2oc(=O)ccc2c1)c1ccsc1. The van der Waals surface area contributed by atoms with E-state index in [0.29, 0.717) is 16.8 Å². The van der Waals surface area contributed by atoms with Gasteiger partial charge >= 0.3 is 5.63 Å². The highest BCUT2D eigenvalue weighted by Gasteiger charge is 2.07. The Hall–Kier alpha value is -2.40. The zero-order valence-corrected chi connectivity index (χ0v) is 10.6. The Bertz CT molecular complexity index is 790. The van der Waals surface area contributed by atoms with Crippen LogP contribution in [0.5, 0.6) is 0 Å². The second-order valence-electron chi connectivity index (χ2n) is 3.97. The smallest absolute Gasteiger partial charge is 0.336 e. The molecule has 0 aliphatic carbocycles. The minimum Gasteiger partial charge on any atom is -0.423 e. The Kier molecular flexibility index (Phi) is 2.89. The Morgan fingerprint density at radius 2 is 2.05 bits per heavy atom. The average Bonchev–Trinajstić information content (AvgIpc) is 2.93. The molecule has 2 aromatic heterocycles. The minimum atomic E-state index is -0.387. The normalized spacial score (nSPS) is 10.5. The summed E-state index contributed by atoms with van der Waals surface area (Å²) in [5, 5.41) is 7.20. The Morgan fingerprint density at radius 3 is 2.84 bits per heavy atom. The number of nitrogens with one attached hydrogen (secondary N) is 1. The van der Waals surface area contributed by atoms with Crippen molar-refractivity contribution in [2.24, 2.45) is 0 Å². The first-order valence-electron chi connectivity index (χ1n) is 5.60. The maximum Gasteiger partial charge on any atom is 0.336 e. The van der Waals surface area contributed by atoms with Crippen molar-refractivity contribution >= 4 is 33.9 Å². The van der Waals surface area contributed by atoms with Crippen LogP contribution in [0.4, 0.5) is 5.69 Å². The molecule has 4 nitrogen and oxygen atoms in total. The lowest BCUT2D eigenvalue weighted by Gasteiger charge is -2.04. The van der Waals surface area contributed by atoms with Crippen molar-refractivity contribution in [3.63, 3.8) is 0 Å². The first kappa shape index (κ1) is 11.7. The fourth-order valence-electron chi connectivity index (χ4n) is 1.75. The second kappa shape index (κ2) is 4.70. The molecule has 0 saturated heterocycles. The third kappa shape index (κ3) is 2.41. The molecule has 1 amide bonds. The third-order valence-electron chi connectivity index (χ3n) is 2.66. The lowest BCUT2D eigenvalue weighted by atomic mass is 10.2. The number of fused-ring (bicyclic) bond motifs is 1. The highest BCUT2D eigenvalue weighted by atomic mass is 32.1. The van der Waals surface area contributed by atoms with E-state index in [0.717, 1.165) is 5.39 Å². The maximum atomic E-state index is 11.9. The number of hydrogen-bond donors (Lipinski definition) is 1. The summed E-state index contributed by atoms with van der Waals surface area (Å²) in [6, 6.07) is 9.92. The average molecular weight is 271 g/mol. The van der Waals surface area contributed by atoms with Crippen molar-refractivity contribution in [2.75, 3.05) is 5.32 Å². The van der Waals surface area contributed by atoms with E-state index in [1.807, 2.05) is 5.38 Å². The zero-order chi connectivity index (χ0) is 13.2. The molecule has 0 fully saturated rings. The predicted molar refractivity (Wildman–Crippen MR) is 74.8 cm³/mol. The van der Waals surface area contributed by atoms with E-state index in [-0.39, 0.29) is 11.5 Å². The molecule has 0 radical (unpaired) electrons. The van der Waals surface area contributed by atoms with Gasteiger partial charge in [0, 0.05) is 22.5 Å². The van der Waals surface area contributed by atoms with Gasteiger partial charge in [-0.25, -0.2) is 4.79 Å². The molecular weight excluding hydrogens is 262 g/mol. The quantitative estimate of drug-likeness (QED) is 0.728. The van der Waals surface area contributed by atoms with Gasteiger partial charge in [-0.05, 0) is 35.7 Å². The molecule has 0 aliphatic heterocycles. The van der Waals surface area contributed by atoms with Crippen molar-refractivity contribution in [2.45, 2.75) is 0 Å². The monoisotopic (exact) mass is 271 g/mol.